The van der Waals surface area contributed by atoms with Crippen molar-refractivity contribution in [3.63, 3.8) is 0 Å². The van der Waals surface area contributed by atoms with Gasteiger partial charge in [-0.05, 0) is 60.8 Å². The SMILES string of the molecule is CC1CC23CC(CC2C3)C1OC(=O)N1CCC(c2ccccc2)C1. The second kappa shape index (κ2) is 5.24. The maximum Gasteiger partial charge on any atom is 0.410 e. The summed E-state index contributed by atoms with van der Waals surface area (Å²) in [6.07, 6.45) is 6.47. The van der Waals surface area contributed by atoms with Crippen molar-refractivity contribution < 1.29 is 9.53 Å². The molecule has 2 bridgehead atoms. The van der Waals surface area contributed by atoms with Crippen LogP contribution in [0, 0.1) is 23.2 Å². The number of carbonyl (C=O) groups is 1. The predicted molar refractivity (Wildman–Crippen MR) is 92.7 cm³/mol. The number of benzene rings is 1. The Labute approximate surface area is 144 Å². The molecule has 1 aromatic carbocycles. The largest absolute Gasteiger partial charge is 0.446 e. The minimum Gasteiger partial charge on any atom is -0.446 e. The lowest BCUT2D eigenvalue weighted by Crippen LogP contribution is -2.41. The zero-order valence-electron chi connectivity index (χ0n) is 14.5. The molecule has 1 heterocycles. The van der Waals surface area contributed by atoms with Gasteiger partial charge in [0.15, 0.2) is 0 Å². The second-order valence-corrected chi connectivity index (χ2v) is 8.84. The zero-order valence-corrected chi connectivity index (χ0v) is 14.5. The third-order valence-corrected chi connectivity index (χ3v) is 7.32. The van der Waals surface area contributed by atoms with Crippen LogP contribution in [0.25, 0.3) is 0 Å². The summed E-state index contributed by atoms with van der Waals surface area (Å²) in [5.41, 5.74) is 2.01. The van der Waals surface area contributed by atoms with Gasteiger partial charge in [-0.15, -0.1) is 0 Å². The molecule has 5 rings (SSSR count). The molecule has 1 spiro atoms. The van der Waals surface area contributed by atoms with Gasteiger partial charge in [0.25, 0.3) is 0 Å². The standard InChI is InChI=1S/C21H27NO2/c1-14-10-21-11-17(9-18(21)12-21)19(14)24-20(23)22-8-7-16(13-22)15-5-3-2-4-6-15/h2-6,14,16-19H,7-13H2,1H3. The van der Waals surface area contributed by atoms with Crippen LogP contribution >= 0.6 is 0 Å². The van der Waals surface area contributed by atoms with Gasteiger partial charge >= 0.3 is 6.09 Å². The summed E-state index contributed by atoms with van der Waals surface area (Å²) < 4.78 is 6.05. The van der Waals surface area contributed by atoms with Gasteiger partial charge in [-0.25, -0.2) is 4.79 Å². The first-order chi connectivity index (χ1) is 11.6. The van der Waals surface area contributed by atoms with Crippen LogP contribution in [0.15, 0.2) is 30.3 Å². The Kier molecular flexibility index (Phi) is 3.23. The number of fused-ring (bicyclic) bond motifs is 1. The fourth-order valence-electron chi connectivity index (χ4n) is 6.12. The van der Waals surface area contributed by atoms with Crippen molar-refractivity contribution in [2.75, 3.05) is 13.1 Å². The fourth-order valence-corrected chi connectivity index (χ4v) is 6.12. The minimum atomic E-state index is -0.0678. The summed E-state index contributed by atoms with van der Waals surface area (Å²) in [6.45, 7) is 3.93. The number of hydrogen-bond donors (Lipinski definition) is 0. The van der Waals surface area contributed by atoms with Crippen LogP contribution in [0.4, 0.5) is 4.79 Å². The fraction of sp³-hybridized carbons (Fsp3) is 0.667. The van der Waals surface area contributed by atoms with E-state index in [0.717, 1.165) is 25.4 Å². The maximum atomic E-state index is 12.7. The topological polar surface area (TPSA) is 29.5 Å². The normalized spacial score (nSPS) is 42.7. The number of hydrogen-bond acceptors (Lipinski definition) is 2. The summed E-state index contributed by atoms with van der Waals surface area (Å²) in [5.74, 6) is 2.57. The molecule has 3 nitrogen and oxygen atoms in total. The first-order valence-corrected chi connectivity index (χ1v) is 9.65. The number of rotatable bonds is 2. The Morgan fingerprint density at radius 1 is 1.21 bits per heavy atom. The number of ether oxygens (including phenoxy) is 1. The average Bonchev–Trinajstić information content (AvgIpc) is 2.98. The van der Waals surface area contributed by atoms with E-state index in [0.29, 0.717) is 23.2 Å². The third kappa shape index (κ3) is 2.28. The number of carbonyl (C=O) groups excluding carboxylic acids is 1. The van der Waals surface area contributed by atoms with Gasteiger partial charge in [-0.1, -0.05) is 37.3 Å². The molecule has 3 saturated carbocycles. The number of amides is 1. The summed E-state index contributed by atoms with van der Waals surface area (Å²) in [5, 5.41) is 0. The summed E-state index contributed by atoms with van der Waals surface area (Å²) in [7, 11) is 0. The van der Waals surface area contributed by atoms with Crippen LogP contribution in [-0.4, -0.2) is 30.2 Å². The van der Waals surface area contributed by atoms with Crippen molar-refractivity contribution in [1.82, 2.24) is 4.90 Å². The van der Waals surface area contributed by atoms with Crippen LogP contribution in [-0.2, 0) is 4.74 Å². The Hall–Kier alpha value is -1.51. The smallest absolute Gasteiger partial charge is 0.410 e. The highest BCUT2D eigenvalue weighted by molar-refractivity contribution is 5.68. The van der Waals surface area contributed by atoms with Crippen molar-refractivity contribution in [3.8, 4) is 0 Å². The Bertz CT molecular complexity index is 644. The first kappa shape index (κ1) is 14.8. The van der Waals surface area contributed by atoms with Crippen LogP contribution in [0.3, 0.4) is 0 Å². The van der Waals surface area contributed by atoms with Gasteiger partial charge in [0.1, 0.15) is 6.10 Å². The first-order valence-electron chi connectivity index (χ1n) is 9.65. The number of nitrogens with zero attached hydrogens (tertiary/aromatic N) is 1. The molecule has 128 valence electrons. The molecule has 0 aromatic heterocycles. The van der Waals surface area contributed by atoms with Crippen LogP contribution in [0.5, 0.6) is 0 Å². The van der Waals surface area contributed by atoms with Crippen molar-refractivity contribution >= 4 is 6.09 Å². The van der Waals surface area contributed by atoms with Gasteiger partial charge in [0.05, 0.1) is 0 Å². The highest BCUT2D eigenvalue weighted by Gasteiger charge is 2.65. The van der Waals surface area contributed by atoms with Gasteiger partial charge in [0.2, 0.25) is 0 Å². The lowest BCUT2D eigenvalue weighted by molar-refractivity contribution is -0.0173. The molecule has 1 saturated heterocycles. The van der Waals surface area contributed by atoms with Gasteiger partial charge in [0, 0.05) is 19.0 Å². The van der Waals surface area contributed by atoms with Gasteiger partial charge < -0.3 is 9.64 Å². The van der Waals surface area contributed by atoms with E-state index in [2.05, 4.69) is 31.2 Å². The lowest BCUT2D eigenvalue weighted by atomic mass is 9.75. The van der Waals surface area contributed by atoms with Crippen molar-refractivity contribution in [2.24, 2.45) is 23.2 Å². The summed E-state index contributed by atoms with van der Waals surface area (Å²) >= 11 is 0. The predicted octanol–water partition coefficient (Wildman–Crippen LogP) is 4.44. The molecule has 1 aliphatic heterocycles. The minimum absolute atomic E-state index is 0.0678. The molecular weight excluding hydrogens is 298 g/mol. The summed E-state index contributed by atoms with van der Waals surface area (Å²) in [6, 6.07) is 10.6. The van der Waals surface area contributed by atoms with Crippen molar-refractivity contribution in [1.29, 1.82) is 0 Å². The molecule has 24 heavy (non-hydrogen) atoms. The lowest BCUT2D eigenvalue weighted by Gasteiger charge is -2.37. The molecule has 3 aliphatic carbocycles. The van der Waals surface area contributed by atoms with Gasteiger partial charge in [-0.2, -0.15) is 0 Å². The highest BCUT2D eigenvalue weighted by atomic mass is 16.6. The zero-order chi connectivity index (χ0) is 16.3. The second-order valence-electron chi connectivity index (χ2n) is 8.84. The van der Waals surface area contributed by atoms with E-state index in [1.54, 1.807) is 0 Å². The van der Waals surface area contributed by atoms with E-state index < -0.39 is 0 Å². The van der Waals surface area contributed by atoms with Crippen LogP contribution in [0.1, 0.15) is 50.5 Å². The molecule has 0 N–H and O–H groups in total. The highest BCUT2D eigenvalue weighted by Crippen LogP contribution is 2.72. The Morgan fingerprint density at radius 2 is 2.04 bits per heavy atom. The molecule has 4 fully saturated rings. The maximum absolute atomic E-state index is 12.7. The monoisotopic (exact) mass is 325 g/mol. The summed E-state index contributed by atoms with van der Waals surface area (Å²) in [4.78, 5) is 14.6. The van der Waals surface area contributed by atoms with Crippen LogP contribution in [0.2, 0.25) is 0 Å². The van der Waals surface area contributed by atoms with Crippen molar-refractivity contribution in [3.05, 3.63) is 35.9 Å². The molecule has 6 atom stereocenters. The third-order valence-electron chi connectivity index (χ3n) is 7.32. The van der Waals surface area contributed by atoms with Gasteiger partial charge in [-0.3, -0.25) is 0 Å². The Morgan fingerprint density at radius 3 is 2.88 bits per heavy atom. The molecule has 3 heteroatoms. The molecule has 4 aliphatic rings. The van der Waals surface area contributed by atoms with E-state index >= 15 is 0 Å². The molecule has 6 unspecified atom stereocenters. The van der Waals surface area contributed by atoms with E-state index in [1.165, 1.54) is 31.2 Å². The van der Waals surface area contributed by atoms with E-state index in [9.17, 15) is 4.79 Å². The van der Waals surface area contributed by atoms with Crippen molar-refractivity contribution in [2.45, 2.75) is 51.0 Å². The molecule has 0 radical (unpaired) electrons. The quantitative estimate of drug-likeness (QED) is 0.804. The average molecular weight is 325 g/mol. The molecule has 1 amide bonds. The van der Waals surface area contributed by atoms with E-state index in [1.807, 2.05) is 11.0 Å². The van der Waals surface area contributed by atoms with E-state index in [-0.39, 0.29) is 12.2 Å². The Balaban J connectivity index is 1.22. The number of likely N-dealkylation sites (tertiary alicyclic amines) is 1. The van der Waals surface area contributed by atoms with E-state index in [4.69, 9.17) is 4.74 Å². The molecular formula is C21H27NO2. The molecule has 1 aromatic rings. The van der Waals surface area contributed by atoms with Crippen LogP contribution < -0.4 is 0 Å².